The lowest BCUT2D eigenvalue weighted by Crippen LogP contribution is -2.52. The van der Waals surface area contributed by atoms with Gasteiger partial charge in [0, 0.05) is 25.7 Å². The van der Waals surface area contributed by atoms with Gasteiger partial charge in [0.2, 0.25) is 5.91 Å². The van der Waals surface area contributed by atoms with Crippen LogP contribution >= 0.6 is 23.7 Å². The average Bonchev–Trinajstić information content (AvgIpc) is 2.88. The van der Waals surface area contributed by atoms with Gasteiger partial charge in [-0.15, -0.1) is 23.7 Å². The lowest BCUT2D eigenvalue weighted by atomic mass is 10.2. The molecule has 0 saturated carbocycles. The van der Waals surface area contributed by atoms with E-state index in [2.05, 4.69) is 27.2 Å². The van der Waals surface area contributed by atoms with Gasteiger partial charge < -0.3 is 15.4 Å². The fraction of sp³-hybridized carbons (Fsp3) is 0.538. The second kappa shape index (κ2) is 8.33. The molecule has 1 fully saturated rings. The van der Waals surface area contributed by atoms with Gasteiger partial charge in [-0.25, -0.2) is 4.79 Å². The largest absolute Gasteiger partial charge is 0.465 e. The van der Waals surface area contributed by atoms with Crippen molar-refractivity contribution in [2.24, 2.45) is 0 Å². The highest BCUT2D eigenvalue weighted by Gasteiger charge is 2.21. The molecule has 0 aromatic carbocycles. The molecule has 1 amide bonds. The van der Waals surface area contributed by atoms with E-state index in [1.54, 1.807) is 11.4 Å². The molecule has 0 radical (unpaired) electrons. The van der Waals surface area contributed by atoms with Crippen molar-refractivity contribution in [1.82, 2.24) is 10.2 Å². The lowest BCUT2D eigenvalue weighted by Gasteiger charge is -2.33. The molecule has 1 aliphatic rings. The molecule has 2 rings (SSSR count). The molecule has 1 aromatic rings. The van der Waals surface area contributed by atoms with E-state index in [4.69, 9.17) is 0 Å². The third-order valence-electron chi connectivity index (χ3n) is 3.30. The fourth-order valence-corrected chi connectivity index (χ4v) is 2.92. The molecule has 2 N–H and O–H groups in total. The van der Waals surface area contributed by atoms with Crippen LogP contribution in [-0.4, -0.2) is 56.1 Å². The number of carbonyl (C=O) groups is 2. The number of methoxy groups -OCH3 is 1. The van der Waals surface area contributed by atoms with E-state index in [0.717, 1.165) is 19.6 Å². The van der Waals surface area contributed by atoms with E-state index < -0.39 is 5.97 Å². The molecule has 0 spiro atoms. The molecule has 1 aromatic heterocycles. The predicted octanol–water partition coefficient (Wildman–Crippen LogP) is 1.19. The monoisotopic (exact) mass is 333 g/mol. The summed E-state index contributed by atoms with van der Waals surface area (Å²) in [6.45, 7) is 5.05. The summed E-state index contributed by atoms with van der Waals surface area (Å²) in [7, 11) is 1.33. The minimum atomic E-state index is -0.425. The minimum Gasteiger partial charge on any atom is -0.465 e. The van der Waals surface area contributed by atoms with E-state index in [9.17, 15) is 9.59 Å². The Morgan fingerprint density at radius 2 is 2.33 bits per heavy atom. The fourth-order valence-electron chi connectivity index (χ4n) is 2.15. The number of piperazine rings is 1. The maximum Gasteiger partial charge on any atom is 0.350 e. The number of hydrogen-bond donors (Lipinski definition) is 2. The molecule has 0 unspecified atom stereocenters. The minimum absolute atomic E-state index is 0. The van der Waals surface area contributed by atoms with E-state index >= 15 is 0 Å². The van der Waals surface area contributed by atoms with Crippen molar-refractivity contribution in [3.63, 3.8) is 0 Å². The number of nitrogens with one attached hydrogen (secondary N) is 2. The summed E-state index contributed by atoms with van der Waals surface area (Å²) in [6, 6.07) is 2.05. The van der Waals surface area contributed by atoms with Gasteiger partial charge >= 0.3 is 5.97 Å². The number of halogens is 1. The van der Waals surface area contributed by atoms with Crippen LogP contribution in [0.25, 0.3) is 0 Å². The number of hydrogen-bond acceptors (Lipinski definition) is 6. The Kier molecular flexibility index (Phi) is 7.10. The summed E-state index contributed by atoms with van der Waals surface area (Å²) in [5.74, 6) is -0.534. The van der Waals surface area contributed by atoms with Gasteiger partial charge in [-0.2, -0.15) is 0 Å². The maximum absolute atomic E-state index is 12.1. The number of anilines is 1. The van der Waals surface area contributed by atoms with Gasteiger partial charge in [0.25, 0.3) is 0 Å². The Balaban J connectivity index is 0.00000220. The molecule has 0 bridgehead atoms. The molecular weight excluding hydrogens is 314 g/mol. The summed E-state index contributed by atoms with van der Waals surface area (Å²) in [5.41, 5.74) is 0.523. The number of ether oxygens (including phenoxy) is 1. The molecule has 118 valence electrons. The van der Waals surface area contributed by atoms with Crippen molar-refractivity contribution >= 4 is 41.3 Å². The normalized spacial score (nSPS) is 18.7. The Bertz CT molecular complexity index is 495. The van der Waals surface area contributed by atoms with Gasteiger partial charge in [0.1, 0.15) is 4.88 Å². The van der Waals surface area contributed by atoms with Crippen LogP contribution in [0.4, 0.5) is 5.69 Å². The first-order valence-corrected chi connectivity index (χ1v) is 7.40. The van der Waals surface area contributed by atoms with Gasteiger partial charge in [0.05, 0.1) is 19.3 Å². The Morgan fingerprint density at radius 3 is 3.00 bits per heavy atom. The van der Waals surface area contributed by atoms with Crippen LogP contribution in [0.3, 0.4) is 0 Å². The first-order chi connectivity index (χ1) is 9.61. The summed E-state index contributed by atoms with van der Waals surface area (Å²) in [6.07, 6.45) is 0. The zero-order valence-corrected chi connectivity index (χ0v) is 13.7. The lowest BCUT2D eigenvalue weighted by molar-refractivity contribution is -0.118. The van der Waals surface area contributed by atoms with Crippen molar-refractivity contribution in [1.29, 1.82) is 0 Å². The van der Waals surface area contributed by atoms with Crippen molar-refractivity contribution < 1.29 is 14.3 Å². The zero-order valence-electron chi connectivity index (χ0n) is 12.0. The summed E-state index contributed by atoms with van der Waals surface area (Å²) >= 11 is 1.26. The van der Waals surface area contributed by atoms with Crippen molar-refractivity contribution in [3.8, 4) is 0 Å². The molecule has 21 heavy (non-hydrogen) atoms. The molecule has 1 saturated heterocycles. The summed E-state index contributed by atoms with van der Waals surface area (Å²) < 4.78 is 4.69. The van der Waals surface area contributed by atoms with Crippen molar-refractivity contribution in [2.75, 3.05) is 38.6 Å². The third-order valence-corrected chi connectivity index (χ3v) is 4.19. The first-order valence-electron chi connectivity index (χ1n) is 6.52. The van der Waals surface area contributed by atoms with E-state index in [0.29, 0.717) is 23.2 Å². The second-order valence-electron chi connectivity index (χ2n) is 4.73. The molecular formula is C13H20ClN3O3S. The van der Waals surface area contributed by atoms with Gasteiger partial charge in [0.15, 0.2) is 0 Å². The topological polar surface area (TPSA) is 70.7 Å². The van der Waals surface area contributed by atoms with Crippen LogP contribution in [0.5, 0.6) is 0 Å². The second-order valence-corrected chi connectivity index (χ2v) is 5.64. The third kappa shape index (κ3) is 4.67. The Labute approximate surface area is 134 Å². The average molecular weight is 334 g/mol. The van der Waals surface area contributed by atoms with Gasteiger partial charge in [-0.05, 0) is 18.4 Å². The van der Waals surface area contributed by atoms with Crippen LogP contribution in [0, 0.1) is 0 Å². The first kappa shape index (κ1) is 17.9. The smallest absolute Gasteiger partial charge is 0.350 e. The van der Waals surface area contributed by atoms with E-state index in [-0.39, 0.29) is 18.3 Å². The Morgan fingerprint density at radius 1 is 1.57 bits per heavy atom. The molecule has 1 aliphatic heterocycles. The van der Waals surface area contributed by atoms with Crippen LogP contribution in [-0.2, 0) is 9.53 Å². The summed E-state index contributed by atoms with van der Waals surface area (Å²) in [4.78, 5) is 26.2. The molecule has 2 heterocycles. The van der Waals surface area contributed by atoms with Gasteiger partial charge in [-0.3, -0.25) is 9.69 Å². The highest BCUT2D eigenvalue weighted by atomic mass is 35.5. The maximum atomic E-state index is 12.1. The molecule has 1 atom stereocenters. The quantitative estimate of drug-likeness (QED) is 0.810. The molecule has 6 nitrogen and oxygen atoms in total. The highest BCUT2D eigenvalue weighted by Crippen LogP contribution is 2.23. The number of carbonyl (C=O) groups excluding carboxylic acids is 2. The predicted molar refractivity (Wildman–Crippen MR) is 85.4 cm³/mol. The summed E-state index contributed by atoms with van der Waals surface area (Å²) in [5, 5.41) is 7.82. The van der Waals surface area contributed by atoms with Crippen molar-refractivity contribution in [3.05, 3.63) is 16.3 Å². The zero-order chi connectivity index (χ0) is 14.5. The molecule has 8 heteroatoms. The van der Waals surface area contributed by atoms with E-state index in [1.807, 2.05) is 0 Å². The van der Waals surface area contributed by atoms with Crippen LogP contribution in [0.15, 0.2) is 11.4 Å². The number of nitrogens with zero attached hydrogens (tertiary/aromatic N) is 1. The van der Waals surface area contributed by atoms with Crippen LogP contribution in [0.2, 0.25) is 0 Å². The number of amides is 1. The van der Waals surface area contributed by atoms with E-state index in [1.165, 1.54) is 18.4 Å². The standard InChI is InChI=1S/C13H19N3O3S.ClH/c1-9-7-14-4-5-16(9)8-11(17)15-10-3-6-20-12(10)13(18)19-2;/h3,6,9,14H,4-5,7-8H2,1-2H3,(H,15,17);1H/t9-;/m1./s1. The number of esters is 1. The number of rotatable bonds is 4. The molecule has 0 aliphatic carbocycles. The van der Waals surface area contributed by atoms with Gasteiger partial charge in [-0.1, -0.05) is 0 Å². The van der Waals surface area contributed by atoms with Crippen LogP contribution < -0.4 is 10.6 Å². The SMILES string of the molecule is COC(=O)c1sccc1NC(=O)CN1CCNC[C@H]1C.Cl. The number of thiophene rings is 1. The van der Waals surface area contributed by atoms with Crippen LogP contribution in [0.1, 0.15) is 16.6 Å². The Hall–Kier alpha value is -1.15. The highest BCUT2D eigenvalue weighted by molar-refractivity contribution is 7.12. The van der Waals surface area contributed by atoms with Crippen molar-refractivity contribution in [2.45, 2.75) is 13.0 Å².